The lowest BCUT2D eigenvalue weighted by Crippen LogP contribution is -2.47. The number of hydrogen-bond acceptors (Lipinski definition) is 4. The van der Waals surface area contributed by atoms with Crippen molar-refractivity contribution in [3.05, 3.63) is 16.6 Å². The average molecular weight is 266 g/mol. The van der Waals surface area contributed by atoms with Crippen LogP contribution in [0.3, 0.4) is 0 Å². The fourth-order valence-electron chi connectivity index (χ4n) is 3.37. The first-order chi connectivity index (χ1) is 8.83. The van der Waals surface area contributed by atoms with E-state index < -0.39 is 0 Å². The lowest BCUT2D eigenvalue weighted by molar-refractivity contribution is -0.147. The third kappa shape index (κ3) is 2.33. The van der Waals surface area contributed by atoms with Crippen LogP contribution in [0.4, 0.5) is 0 Å². The van der Waals surface area contributed by atoms with E-state index in [9.17, 15) is 0 Å². The molecule has 100 valence electrons. The Morgan fingerprint density at radius 1 is 1.61 bits per heavy atom. The molecule has 1 saturated heterocycles. The molecule has 3 nitrogen and oxygen atoms in total. The van der Waals surface area contributed by atoms with Crippen LogP contribution in [0, 0.1) is 5.92 Å². The fourth-order valence-corrected chi connectivity index (χ4v) is 4.16. The second-order valence-electron chi connectivity index (χ2n) is 5.58. The van der Waals surface area contributed by atoms with Crippen LogP contribution in [0.15, 0.2) is 11.7 Å². The minimum atomic E-state index is 0.237. The van der Waals surface area contributed by atoms with E-state index in [0.717, 1.165) is 13.2 Å². The molecule has 1 aromatic rings. The summed E-state index contributed by atoms with van der Waals surface area (Å²) in [6.07, 6.45) is 8.32. The van der Waals surface area contributed by atoms with E-state index in [-0.39, 0.29) is 5.60 Å². The molecular formula is C14H22N2OS. The van der Waals surface area contributed by atoms with E-state index in [1.165, 1.54) is 37.0 Å². The lowest BCUT2D eigenvalue weighted by atomic mass is 9.70. The van der Waals surface area contributed by atoms with E-state index in [2.05, 4.69) is 17.2 Å². The minimum Gasteiger partial charge on any atom is -0.375 e. The highest BCUT2D eigenvalue weighted by Gasteiger charge is 2.44. The Labute approximate surface area is 113 Å². The maximum absolute atomic E-state index is 6.04. The van der Waals surface area contributed by atoms with Crippen LogP contribution < -0.4 is 5.32 Å². The standard InChI is InChI=1S/C14H22N2OS/c1-2-16-13(12-9-15-10-18-12)11-4-7-17-14(8-11)5-3-6-14/h9-11,13,16H,2-8H2,1H3. The van der Waals surface area contributed by atoms with Crippen molar-refractivity contribution >= 4 is 11.3 Å². The van der Waals surface area contributed by atoms with Crippen molar-refractivity contribution in [1.82, 2.24) is 10.3 Å². The van der Waals surface area contributed by atoms with Crippen LogP contribution in [0.1, 0.15) is 49.9 Å². The molecule has 1 aromatic heterocycles. The van der Waals surface area contributed by atoms with Crippen LogP contribution in [0.2, 0.25) is 0 Å². The predicted octanol–water partition coefficient (Wildman–Crippen LogP) is 3.14. The molecule has 2 aliphatic rings. The van der Waals surface area contributed by atoms with Crippen LogP contribution >= 0.6 is 11.3 Å². The summed E-state index contributed by atoms with van der Waals surface area (Å²) < 4.78 is 6.04. The highest BCUT2D eigenvalue weighted by molar-refractivity contribution is 7.09. The van der Waals surface area contributed by atoms with Crippen molar-refractivity contribution < 1.29 is 4.74 Å². The first-order valence-electron chi connectivity index (χ1n) is 7.09. The van der Waals surface area contributed by atoms with Crippen LogP contribution in [-0.2, 0) is 4.74 Å². The maximum Gasteiger partial charge on any atom is 0.0794 e. The topological polar surface area (TPSA) is 34.2 Å². The van der Waals surface area contributed by atoms with E-state index in [0.29, 0.717) is 12.0 Å². The van der Waals surface area contributed by atoms with Crippen LogP contribution in [-0.4, -0.2) is 23.7 Å². The van der Waals surface area contributed by atoms with Gasteiger partial charge in [0.1, 0.15) is 0 Å². The van der Waals surface area contributed by atoms with Gasteiger partial charge < -0.3 is 10.1 Å². The third-order valence-corrected chi connectivity index (χ3v) is 5.31. The summed E-state index contributed by atoms with van der Waals surface area (Å²) in [7, 11) is 0. The van der Waals surface area contributed by atoms with Gasteiger partial charge in [0.15, 0.2) is 0 Å². The van der Waals surface area contributed by atoms with Gasteiger partial charge in [-0.05, 0) is 44.6 Å². The van der Waals surface area contributed by atoms with Gasteiger partial charge in [-0.15, -0.1) is 11.3 Å². The van der Waals surface area contributed by atoms with Crippen LogP contribution in [0.5, 0.6) is 0 Å². The molecule has 4 heteroatoms. The van der Waals surface area contributed by atoms with Gasteiger partial charge in [0.25, 0.3) is 0 Å². The molecule has 2 fully saturated rings. The van der Waals surface area contributed by atoms with E-state index in [4.69, 9.17) is 4.74 Å². The lowest BCUT2D eigenvalue weighted by Gasteiger charge is -2.48. The summed E-state index contributed by atoms with van der Waals surface area (Å²) in [6, 6.07) is 0.476. The molecule has 1 aliphatic carbocycles. The average Bonchev–Trinajstić information content (AvgIpc) is 2.88. The summed E-state index contributed by atoms with van der Waals surface area (Å²) in [6.45, 7) is 4.14. The van der Waals surface area contributed by atoms with Crippen molar-refractivity contribution in [3.8, 4) is 0 Å². The number of thiazole rings is 1. The Balaban J connectivity index is 1.73. The molecule has 2 atom stereocenters. The Hall–Kier alpha value is -0.450. The number of nitrogens with one attached hydrogen (secondary N) is 1. The van der Waals surface area contributed by atoms with E-state index >= 15 is 0 Å². The minimum absolute atomic E-state index is 0.237. The molecule has 0 aromatic carbocycles. The van der Waals surface area contributed by atoms with Gasteiger partial charge in [0, 0.05) is 23.7 Å². The third-order valence-electron chi connectivity index (χ3n) is 4.45. The number of aromatic nitrogens is 1. The van der Waals surface area contributed by atoms with Crippen molar-refractivity contribution in [2.24, 2.45) is 5.92 Å². The normalized spacial score (nSPS) is 27.9. The van der Waals surface area contributed by atoms with Gasteiger partial charge in [-0.3, -0.25) is 4.98 Å². The van der Waals surface area contributed by atoms with Crippen molar-refractivity contribution in [1.29, 1.82) is 0 Å². The summed E-state index contributed by atoms with van der Waals surface area (Å²) in [4.78, 5) is 5.63. The van der Waals surface area contributed by atoms with Gasteiger partial charge in [0.2, 0.25) is 0 Å². The molecule has 1 aliphatic heterocycles. The molecule has 1 N–H and O–H groups in total. The van der Waals surface area contributed by atoms with Crippen LogP contribution in [0.25, 0.3) is 0 Å². The zero-order valence-electron chi connectivity index (χ0n) is 11.0. The van der Waals surface area contributed by atoms with Crippen molar-refractivity contribution in [3.63, 3.8) is 0 Å². The highest BCUT2D eigenvalue weighted by Crippen LogP contribution is 2.47. The van der Waals surface area contributed by atoms with E-state index in [1.807, 2.05) is 11.7 Å². The number of hydrogen-bond donors (Lipinski definition) is 1. The number of nitrogens with zero attached hydrogens (tertiary/aromatic N) is 1. The number of ether oxygens (including phenoxy) is 1. The van der Waals surface area contributed by atoms with Crippen molar-refractivity contribution in [2.45, 2.75) is 50.7 Å². The van der Waals surface area contributed by atoms with E-state index in [1.54, 1.807) is 11.3 Å². The van der Waals surface area contributed by atoms with Crippen molar-refractivity contribution in [2.75, 3.05) is 13.2 Å². The monoisotopic (exact) mass is 266 g/mol. The molecule has 18 heavy (non-hydrogen) atoms. The van der Waals surface area contributed by atoms with Gasteiger partial charge in [-0.25, -0.2) is 0 Å². The largest absolute Gasteiger partial charge is 0.375 e. The summed E-state index contributed by atoms with van der Waals surface area (Å²) in [5, 5.41) is 3.66. The van der Waals surface area contributed by atoms with Gasteiger partial charge in [-0.1, -0.05) is 6.92 Å². The first-order valence-corrected chi connectivity index (χ1v) is 7.97. The Bertz CT molecular complexity index is 375. The second kappa shape index (κ2) is 5.27. The molecule has 0 amide bonds. The van der Waals surface area contributed by atoms with Gasteiger partial charge in [0.05, 0.1) is 11.1 Å². The predicted molar refractivity (Wildman–Crippen MR) is 73.8 cm³/mol. The zero-order chi connectivity index (χ0) is 12.4. The first kappa shape index (κ1) is 12.6. The molecular weight excluding hydrogens is 244 g/mol. The Morgan fingerprint density at radius 3 is 3.11 bits per heavy atom. The SMILES string of the molecule is CCNC(c1cncs1)C1CCOC2(CCC2)C1. The van der Waals surface area contributed by atoms with Gasteiger partial charge >= 0.3 is 0 Å². The molecule has 2 unspecified atom stereocenters. The summed E-state index contributed by atoms with van der Waals surface area (Å²) in [5.74, 6) is 0.708. The quantitative estimate of drug-likeness (QED) is 0.909. The number of rotatable bonds is 4. The molecule has 1 spiro atoms. The molecule has 3 rings (SSSR count). The fraction of sp³-hybridized carbons (Fsp3) is 0.786. The van der Waals surface area contributed by atoms with Gasteiger partial charge in [-0.2, -0.15) is 0 Å². The molecule has 2 heterocycles. The smallest absolute Gasteiger partial charge is 0.0794 e. The second-order valence-corrected chi connectivity index (χ2v) is 6.49. The Kier molecular flexibility index (Phi) is 3.68. The zero-order valence-corrected chi connectivity index (χ0v) is 11.8. The summed E-state index contributed by atoms with van der Waals surface area (Å²) >= 11 is 1.78. The summed E-state index contributed by atoms with van der Waals surface area (Å²) in [5.41, 5.74) is 2.18. The highest BCUT2D eigenvalue weighted by atomic mass is 32.1. The molecule has 0 radical (unpaired) electrons. The molecule has 0 bridgehead atoms. The maximum atomic E-state index is 6.04. The molecule has 1 saturated carbocycles. The Morgan fingerprint density at radius 2 is 2.50 bits per heavy atom.